The quantitative estimate of drug-likeness (QED) is 0.110. The maximum atomic E-state index is 6.80. The lowest BCUT2D eigenvalue weighted by Crippen LogP contribution is -2.02. The van der Waals surface area contributed by atoms with E-state index in [1.165, 1.54) is 106 Å². The van der Waals surface area contributed by atoms with E-state index in [0.717, 1.165) is 154 Å². The molecule has 0 atom stereocenters. The summed E-state index contributed by atoms with van der Waals surface area (Å²) >= 11 is 3.68. The summed E-state index contributed by atoms with van der Waals surface area (Å²) in [4.78, 5) is 42.2. The van der Waals surface area contributed by atoms with Gasteiger partial charge in [0.15, 0.2) is 34.9 Å². The van der Waals surface area contributed by atoms with Crippen LogP contribution in [0.5, 0.6) is 0 Å². The summed E-state index contributed by atoms with van der Waals surface area (Å²) in [5.41, 5.74) is 22.8. The first kappa shape index (κ1) is 85.9. The lowest BCUT2D eigenvalue weighted by Gasteiger charge is -2.17. The van der Waals surface area contributed by atoms with Gasteiger partial charge < -0.3 is 4.42 Å². The molecule has 0 fully saturated rings. The van der Waals surface area contributed by atoms with Crippen LogP contribution in [0, 0.1) is 0 Å². The minimum atomic E-state index is 0.654. The third-order valence-electron chi connectivity index (χ3n) is 28.7. The van der Waals surface area contributed by atoms with Crippen molar-refractivity contribution in [3.8, 4) is 135 Å². The predicted molar refractivity (Wildman–Crippen MR) is 618 cm³/mol. The van der Waals surface area contributed by atoms with E-state index in [9.17, 15) is 0 Å². The third-order valence-corrected chi connectivity index (χ3v) is 31.0. The van der Waals surface area contributed by atoms with Gasteiger partial charge in [0.05, 0.1) is 22.4 Å². The van der Waals surface area contributed by atoms with E-state index in [-0.39, 0.29) is 0 Å². The number of para-hydroxylation sites is 3. The molecule has 0 unspecified atom stereocenters. The topological polar surface area (TPSA) is 116 Å². The molecule has 0 aliphatic rings. The zero-order valence-electron chi connectivity index (χ0n) is 79.1. The molecule has 0 saturated carbocycles. The Morgan fingerprint density at radius 2 is 0.524 bits per heavy atom. The fraction of sp³-hybridized carbons (Fsp3) is 0. The van der Waals surface area contributed by atoms with Crippen LogP contribution < -0.4 is 0 Å². The van der Waals surface area contributed by atoms with Crippen LogP contribution in [-0.2, 0) is 0 Å². The van der Waals surface area contributed by atoms with Crippen molar-refractivity contribution in [3.63, 3.8) is 0 Å². The van der Waals surface area contributed by atoms with Crippen LogP contribution in [0.4, 0.5) is 0 Å². The molecule has 0 aliphatic heterocycles. The average Bonchev–Trinajstić information content (AvgIpc) is 1.61. The highest BCUT2D eigenvalue weighted by Crippen LogP contribution is 2.55. The first-order valence-corrected chi connectivity index (χ1v) is 51.1. The molecule has 0 spiro atoms. The number of benzene rings is 24. The molecule has 6 aromatic heterocycles. The molecule has 684 valence electrons. The van der Waals surface area contributed by atoms with E-state index in [1.54, 1.807) is 0 Å². The van der Waals surface area contributed by atoms with Gasteiger partial charge in [-0.15, -0.1) is 22.7 Å². The summed E-state index contributed by atoms with van der Waals surface area (Å²) in [7, 11) is 0. The van der Waals surface area contributed by atoms with E-state index in [0.29, 0.717) is 34.9 Å². The molecule has 147 heavy (non-hydrogen) atoms. The minimum absolute atomic E-state index is 0.654. The Balaban J connectivity index is 0.000000107. The highest BCUT2D eigenvalue weighted by atomic mass is 32.1. The van der Waals surface area contributed by atoms with Crippen LogP contribution >= 0.6 is 22.7 Å². The van der Waals surface area contributed by atoms with Gasteiger partial charge in [-0.3, -0.25) is 0 Å². The van der Waals surface area contributed by atoms with Gasteiger partial charge in [-0.1, -0.05) is 455 Å². The monoisotopic (exact) mass is 1910 g/mol. The number of hydrogen-bond donors (Lipinski definition) is 0. The first-order valence-electron chi connectivity index (χ1n) is 49.5. The molecule has 0 aliphatic carbocycles. The SMILES string of the molecule is c1ccc(-c2nc(-c3cc4ccccc4c4ccccc34)nc(-c3c4ccccc4c(-c4ccccc4)c4sc5ccccc5c34)n2)cc1.c1ccc(-c2nc(-c3cccc4ccccc34)nc(-c3c4ccccc4c(-c4ccc5ccccc5c4)c4sc5ccccc5c34)n2)cc1.c1ccc(-c2nc3ccccc3nc2-c2cccc3c(-c4c5ccccc5c(-c5ccccc5)c5oc6ccccc6c45)cccc23)cc1. The van der Waals surface area contributed by atoms with Crippen molar-refractivity contribution in [2.75, 3.05) is 0 Å². The fourth-order valence-electron chi connectivity index (χ4n) is 22.1. The zero-order chi connectivity index (χ0) is 96.9. The molecule has 0 amide bonds. The number of furan rings is 1. The van der Waals surface area contributed by atoms with Gasteiger partial charge in [0.1, 0.15) is 11.2 Å². The van der Waals surface area contributed by atoms with Crippen molar-refractivity contribution >= 4 is 182 Å². The molecule has 30 rings (SSSR count). The number of thiophene rings is 2. The standard InChI is InChI=1S/C46H28N2O.2C45H27N3S/c1-3-15-29(16-4-1)41-34-19-7-8-20-35(34)42(43-37-21-9-12-28-40(37)49-46(41)43)33-24-13-23-32-31(33)22-14-25-36(32)45-44(30-17-5-2-6-18-30)47-38-26-10-11-27-39(38)48-45;1-3-15-28(16-4-1)39-34-23-11-12-24-35(34)41(40-36-25-13-14-26-38(36)49-42(39)40)45-47-43(29-17-5-2-6-18-29)46-44(48-45)37-27-30-19-7-8-20-31(30)32-21-9-10-22-33(32)37;1-2-15-30(16-3-1)43-46-44(36-23-12-18-29-14-6-7-19-33(29)36)48-45(47-43)41-35-21-9-8-20-34(35)39(32-26-25-28-13-4-5-17-31(28)27-32)42-40(41)37-22-10-11-24-38(37)49-42/h1-28H;2*1-27H. The Labute approximate surface area is 852 Å². The Bertz CT molecular complexity index is 10500. The lowest BCUT2D eigenvalue weighted by atomic mass is 9.85. The Hall–Kier alpha value is -19.0. The molecule has 6 heterocycles. The second-order valence-electron chi connectivity index (χ2n) is 37.1. The molecular formula is C136H82N8OS2. The van der Waals surface area contributed by atoms with Crippen LogP contribution in [0.3, 0.4) is 0 Å². The van der Waals surface area contributed by atoms with E-state index in [4.69, 9.17) is 44.3 Å². The van der Waals surface area contributed by atoms with Crippen LogP contribution in [0.1, 0.15) is 0 Å². The minimum Gasteiger partial charge on any atom is -0.455 e. The van der Waals surface area contributed by atoms with Gasteiger partial charge in [0.25, 0.3) is 0 Å². The van der Waals surface area contributed by atoms with Crippen molar-refractivity contribution < 1.29 is 4.42 Å². The summed E-state index contributed by atoms with van der Waals surface area (Å²) in [6.45, 7) is 0. The van der Waals surface area contributed by atoms with Crippen molar-refractivity contribution in [3.05, 3.63) is 497 Å². The number of rotatable bonds is 12. The largest absolute Gasteiger partial charge is 0.455 e. The predicted octanol–water partition coefficient (Wildman–Crippen LogP) is 37.2. The third kappa shape index (κ3) is 14.9. The van der Waals surface area contributed by atoms with Gasteiger partial charge in [0, 0.05) is 118 Å². The summed E-state index contributed by atoms with van der Waals surface area (Å²) in [5.74, 6) is 3.98. The number of nitrogens with zero attached hydrogens (tertiary/aromatic N) is 8. The first-order chi connectivity index (χ1) is 72.9. The molecule has 11 heteroatoms. The van der Waals surface area contributed by atoms with Gasteiger partial charge in [-0.05, 0) is 151 Å². The van der Waals surface area contributed by atoms with Gasteiger partial charge >= 0.3 is 0 Å². The highest BCUT2D eigenvalue weighted by molar-refractivity contribution is 7.27. The second kappa shape index (κ2) is 36.2. The van der Waals surface area contributed by atoms with Crippen LogP contribution in [0.25, 0.3) is 295 Å². The van der Waals surface area contributed by atoms with E-state index in [2.05, 4.69) is 425 Å². The van der Waals surface area contributed by atoms with Crippen molar-refractivity contribution in [2.45, 2.75) is 0 Å². The molecule has 0 saturated heterocycles. The fourth-order valence-corrected chi connectivity index (χ4v) is 24.7. The van der Waals surface area contributed by atoms with Crippen molar-refractivity contribution in [1.29, 1.82) is 0 Å². The molecule has 24 aromatic carbocycles. The van der Waals surface area contributed by atoms with Gasteiger partial charge in [-0.25, -0.2) is 39.9 Å². The zero-order valence-corrected chi connectivity index (χ0v) is 80.8. The molecular weight excluding hydrogens is 1830 g/mol. The Morgan fingerprint density at radius 1 is 0.163 bits per heavy atom. The van der Waals surface area contributed by atoms with Crippen molar-refractivity contribution in [1.82, 2.24) is 39.9 Å². The number of fused-ring (bicyclic) bond motifs is 19. The molecule has 9 nitrogen and oxygen atoms in total. The maximum Gasteiger partial charge on any atom is 0.165 e. The highest BCUT2D eigenvalue weighted by Gasteiger charge is 2.31. The Kier molecular flexibility index (Phi) is 21.1. The van der Waals surface area contributed by atoms with Crippen molar-refractivity contribution in [2.24, 2.45) is 0 Å². The molecule has 30 aromatic rings. The van der Waals surface area contributed by atoms with Crippen LogP contribution in [0.15, 0.2) is 502 Å². The van der Waals surface area contributed by atoms with Gasteiger partial charge in [-0.2, -0.15) is 0 Å². The summed E-state index contributed by atoms with van der Waals surface area (Å²) < 4.78 is 11.8. The maximum absolute atomic E-state index is 6.80. The van der Waals surface area contributed by atoms with Crippen LogP contribution in [0.2, 0.25) is 0 Å². The molecule has 0 radical (unpaired) electrons. The van der Waals surface area contributed by atoms with E-state index >= 15 is 0 Å². The molecule has 0 N–H and O–H groups in total. The Morgan fingerprint density at radius 3 is 1.10 bits per heavy atom. The van der Waals surface area contributed by atoms with Gasteiger partial charge in [0.2, 0.25) is 0 Å². The normalized spacial score (nSPS) is 11.7. The van der Waals surface area contributed by atoms with Crippen LogP contribution in [-0.4, -0.2) is 39.9 Å². The lowest BCUT2D eigenvalue weighted by molar-refractivity contribution is 0.670. The molecule has 0 bridgehead atoms. The smallest absolute Gasteiger partial charge is 0.165 e. The summed E-state index contributed by atoms with van der Waals surface area (Å²) in [6, 6.07) is 175. The summed E-state index contributed by atoms with van der Waals surface area (Å²) in [5, 5.41) is 25.6. The van der Waals surface area contributed by atoms with E-state index < -0.39 is 0 Å². The van der Waals surface area contributed by atoms with E-state index in [1.807, 2.05) is 95.5 Å². The number of aromatic nitrogens is 8. The number of hydrogen-bond acceptors (Lipinski definition) is 11. The second-order valence-corrected chi connectivity index (χ2v) is 39.2. The summed E-state index contributed by atoms with van der Waals surface area (Å²) in [6.07, 6.45) is 0. The average molecular weight is 1910 g/mol.